The number of ether oxygens (including phenoxy) is 4. The molecule has 1 aromatic carbocycles. The van der Waals surface area contributed by atoms with E-state index in [0.29, 0.717) is 0 Å². The van der Waals surface area contributed by atoms with E-state index >= 15 is 0 Å². The summed E-state index contributed by atoms with van der Waals surface area (Å²) >= 11 is 0. The Morgan fingerprint density at radius 1 is 1.12 bits per heavy atom. The average Bonchev–Trinajstić information content (AvgIpc) is 3.20. The monoisotopic (exact) mass is 513 g/mol. The van der Waals surface area contributed by atoms with Crippen LogP contribution in [0.5, 0.6) is 0 Å². The maximum Gasteiger partial charge on any atom is 0.424 e. The van der Waals surface area contributed by atoms with Crippen LogP contribution in [-0.2, 0) is 33.4 Å². The molecule has 4 atom stereocenters. The van der Waals surface area contributed by atoms with Gasteiger partial charge in [0.25, 0.3) is 10.0 Å². The summed E-state index contributed by atoms with van der Waals surface area (Å²) in [5.41, 5.74) is 0.910. The first-order valence-electron chi connectivity index (χ1n) is 11.5. The molecule has 3 fully saturated rings. The molecule has 11 heteroatoms. The lowest BCUT2D eigenvalue weighted by atomic mass is 9.96. The zero-order valence-electron chi connectivity index (χ0n) is 21.1. The Balaban J connectivity index is 1.73. The smallest absolute Gasteiger partial charge is 0.424 e. The standard InChI is InChI=1S/C23H35NO8SSi/c1-15-9-11-16(12-10-15)33(26,27)24-17-13-28-23(14-29-22(5,6)32-23)19(18(17)30-20(24)25)31-34(7,8)21(2,3)4/h9-12,17-19H,13-14H2,1-8H3/t17-,18?,19+,23+/m1/s1. The van der Waals surface area contributed by atoms with E-state index in [4.69, 9.17) is 23.4 Å². The van der Waals surface area contributed by atoms with Crippen molar-refractivity contribution in [2.75, 3.05) is 13.2 Å². The first-order valence-corrected chi connectivity index (χ1v) is 15.8. The number of carbonyl (C=O) groups is 1. The molecular formula is C23H35NO8SSi. The van der Waals surface area contributed by atoms with Gasteiger partial charge in [-0.15, -0.1) is 0 Å². The highest BCUT2D eigenvalue weighted by molar-refractivity contribution is 7.89. The van der Waals surface area contributed by atoms with Gasteiger partial charge in [0.05, 0.1) is 11.5 Å². The third-order valence-electron chi connectivity index (χ3n) is 7.17. The SMILES string of the molecule is Cc1ccc(S(=O)(=O)N2C(=O)OC3[C@H]2CO[C@]2(COC(C)(C)O2)[C@H]3O[Si](C)(C)C(C)(C)C)cc1. The van der Waals surface area contributed by atoms with Crippen molar-refractivity contribution in [1.82, 2.24) is 4.31 Å². The number of hydrogen-bond donors (Lipinski definition) is 0. The van der Waals surface area contributed by atoms with E-state index in [0.717, 1.165) is 9.87 Å². The second-order valence-corrected chi connectivity index (χ2v) is 17.8. The summed E-state index contributed by atoms with van der Waals surface area (Å²) in [6.45, 7) is 15.8. The molecule has 1 amide bonds. The van der Waals surface area contributed by atoms with Crippen molar-refractivity contribution in [1.29, 1.82) is 0 Å². The first-order chi connectivity index (χ1) is 15.5. The van der Waals surface area contributed by atoms with Crippen molar-refractivity contribution in [3.8, 4) is 0 Å². The van der Waals surface area contributed by atoms with E-state index in [9.17, 15) is 13.2 Å². The van der Waals surface area contributed by atoms with Gasteiger partial charge in [-0.25, -0.2) is 13.2 Å². The normalized spacial score (nSPS) is 31.6. The molecule has 0 saturated carbocycles. The van der Waals surface area contributed by atoms with Crippen molar-refractivity contribution >= 4 is 24.4 Å². The number of hydrogen-bond acceptors (Lipinski definition) is 8. The maximum absolute atomic E-state index is 13.5. The summed E-state index contributed by atoms with van der Waals surface area (Å²) in [6.07, 6.45) is -2.72. The quantitative estimate of drug-likeness (QED) is 0.561. The number of rotatable bonds is 4. The number of nitrogens with zero attached hydrogens (tertiary/aromatic N) is 1. The van der Waals surface area contributed by atoms with Crippen LogP contribution < -0.4 is 0 Å². The van der Waals surface area contributed by atoms with Crippen LogP contribution in [0.15, 0.2) is 29.2 Å². The predicted octanol–water partition coefficient (Wildman–Crippen LogP) is 3.77. The zero-order chi connectivity index (χ0) is 25.3. The Bertz CT molecular complexity index is 1070. The molecule has 1 unspecified atom stereocenters. The maximum atomic E-state index is 13.5. The second-order valence-electron chi connectivity index (χ2n) is 11.2. The van der Waals surface area contributed by atoms with Gasteiger partial charge in [0, 0.05) is 0 Å². The van der Waals surface area contributed by atoms with Crippen molar-refractivity contribution < 1.29 is 36.6 Å². The number of carbonyl (C=O) groups excluding carboxylic acids is 1. The molecule has 3 aliphatic rings. The van der Waals surface area contributed by atoms with Gasteiger partial charge in [-0.3, -0.25) is 0 Å². The molecule has 9 nitrogen and oxygen atoms in total. The van der Waals surface area contributed by atoms with Crippen LogP contribution in [0.4, 0.5) is 4.79 Å². The number of aryl methyl sites for hydroxylation is 1. The van der Waals surface area contributed by atoms with Gasteiger partial charge in [0.1, 0.15) is 18.8 Å². The number of sulfonamides is 1. The molecule has 3 heterocycles. The van der Waals surface area contributed by atoms with E-state index < -0.39 is 54.3 Å². The van der Waals surface area contributed by atoms with Gasteiger partial charge in [0.15, 0.2) is 20.2 Å². The molecule has 34 heavy (non-hydrogen) atoms. The third kappa shape index (κ3) is 4.20. The minimum atomic E-state index is -4.17. The van der Waals surface area contributed by atoms with Gasteiger partial charge in [-0.05, 0) is 51.0 Å². The van der Waals surface area contributed by atoms with E-state index in [2.05, 4.69) is 33.9 Å². The predicted molar refractivity (Wildman–Crippen MR) is 126 cm³/mol. The van der Waals surface area contributed by atoms with Crippen LogP contribution in [0.2, 0.25) is 18.1 Å². The highest BCUT2D eigenvalue weighted by Crippen LogP contribution is 2.48. The van der Waals surface area contributed by atoms with Crippen molar-refractivity contribution in [3.63, 3.8) is 0 Å². The van der Waals surface area contributed by atoms with Crippen LogP contribution >= 0.6 is 0 Å². The van der Waals surface area contributed by atoms with Gasteiger partial charge < -0.3 is 23.4 Å². The second kappa shape index (κ2) is 8.00. The van der Waals surface area contributed by atoms with Crippen molar-refractivity contribution in [3.05, 3.63) is 29.8 Å². The Morgan fingerprint density at radius 2 is 1.74 bits per heavy atom. The summed E-state index contributed by atoms with van der Waals surface area (Å²) in [7, 11) is -6.59. The van der Waals surface area contributed by atoms with E-state index in [1.165, 1.54) is 12.1 Å². The Hall–Kier alpha value is -1.50. The van der Waals surface area contributed by atoms with Crippen LogP contribution in [0, 0.1) is 6.92 Å². The van der Waals surface area contributed by atoms with Crippen LogP contribution in [0.3, 0.4) is 0 Å². The van der Waals surface area contributed by atoms with E-state index in [1.807, 2.05) is 6.92 Å². The van der Waals surface area contributed by atoms with Crippen molar-refractivity contribution in [2.24, 2.45) is 0 Å². The van der Waals surface area contributed by atoms with Crippen molar-refractivity contribution in [2.45, 2.75) is 94.4 Å². The van der Waals surface area contributed by atoms with E-state index in [1.54, 1.807) is 26.0 Å². The van der Waals surface area contributed by atoms with Gasteiger partial charge >= 0.3 is 6.09 Å². The fourth-order valence-corrected chi connectivity index (χ4v) is 7.00. The third-order valence-corrected chi connectivity index (χ3v) is 13.4. The van der Waals surface area contributed by atoms with E-state index in [-0.39, 0.29) is 23.1 Å². The van der Waals surface area contributed by atoms with Gasteiger partial charge in [0.2, 0.25) is 5.79 Å². The Labute approximate surface area is 202 Å². The minimum absolute atomic E-state index is 0.0134. The molecule has 3 aliphatic heterocycles. The fourth-order valence-electron chi connectivity index (χ4n) is 4.21. The van der Waals surface area contributed by atoms with Gasteiger partial charge in [-0.1, -0.05) is 38.5 Å². The topological polar surface area (TPSA) is 101 Å². The largest absolute Gasteiger partial charge is 0.440 e. The average molecular weight is 514 g/mol. The molecule has 0 aromatic heterocycles. The molecule has 190 valence electrons. The fraction of sp³-hybridized carbons (Fsp3) is 0.696. The Kier molecular flexibility index (Phi) is 6.02. The summed E-state index contributed by atoms with van der Waals surface area (Å²) in [5.74, 6) is -2.25. The molecule has 4 rings (SSSR count). The molecule has 1 aromatic rings. The molecular weight excluding hydrogens is 478 g/mol. The zero-order valence-corrected chi connectivity index (χ0v) is 22.9. The van der Waals surface area contributed by atoms with Gasteiger partial charge in [-0.2, -0.15) is 4.31 Å². The highest BCUT2D eigenvalue weighted by atomic mass is 32.2. The molecule has 0 N–H and O–H groups in total. The number of amides is 1. The Morgan fingerprint density at radius 3 is 2.26 bits per heavy atom. The number of fused-ring (bicyclic) bond motifs is 1. The molecule has 0 bridgehead atoms. The summed E-state index contributed by atoms with van der Waals surface area (Å²) in [6, 6.07) is 5.44. The van der Waals surface area contributed by atoms with Crippen LogP contribution in [-0.4, -0.2) is 70.2 Å². The van der Waals surface area contributed by atoms with Crippen LogP contribution in [0.25, 0.3) is 0 Å². The lowest BCUT2D eigenvalue weighted by Gasteiger charge is -2.49. The minimum Gasteiger partial charge on any atom is -0.440 e. The summed E-state index contributed by atoms with van der Waals surface area (Å²) in [5, 5.41) is -0.160. The lowest BCUT2D eigenvalue weighted by molar-refractivity contribution is -0.318. The highest BCUT2D eigenvalue weighted by Gasteiger charge is 2.66. The summed E-state index contributed by atoms with van der Waals surface area (Å²) in [4.78, 5) is 13.0. The number of benzene rings is 1. The molecule has 0 aliphatic carbocycles. The molecule has 1 spiro atoms. The van der Waals surface area contributed by atoms with Crippen LogP contribution in [0.1, 0.15) is 40.2 Å². The summed E-state index contributed by atoms with van der Waals surface area (Å²) < 4.78 is 58.4. The first kappa shape index (κ1) is 25.6. The molecule has 0 radical (unpaired) electrons. The lowest BCUT2D eigenvalue weighted by Crippen LogP contribution is -2.67. The molecule has 3 saturated heterocycles.